The minimum atomic E-state index is 0.122. The molecule has 3 nitrogen and oxygen atoms in total. The van der Waals surface area contributed by atoms with Crippen molar-refractivity contribution in [3.8, 4) is 0 Å². The van der Waals surface area contributed by atoms with Gasteiger partial charge in [0.2, 0.25) is 0 Å². The average Bonchev–Trinajstić information content (AvgIpc) is 2.39. The maximum atomic E-state index is 11.2. The zero-order chi connectivity index (χ0) is 13.0. The van der Waals surface area contributed by atoms with E-state index >= 15 is 0 Å². The SMILES string of the molecule is CCN1CCCC(Nc2ccc(C(C)=O)cc2)C1. The summed E-state index contributed by atoms with van der Waals surface area (Å²) in [5, 5.41) is 3.56. The lowest BCUT2D eigenvalue weighted by Gasteiger charge is -2.32. The molecule has 1 aromatic rings. The summed E-state index contributed by atoms with van der Waals surface area (Å²) in [5.41, 5.74) is 1.89. The molecule has 0 bridgehead atoms. The van der Waals surface area contributed by atoms with Crippen LogP contribution in [0.1, 0.15) is 37.0 Å². The summed E-state index contributed by atoms with van der Waals surface area (Å²) in [7, 11) is 0. The molecule has 0 aromatic heterocycles. The number of benzene rings is 1. The van der Waals surface area contributed by atoms with Crippen molar-refractivity contribution in [2.45, 2.75) is 32.7 Å². The Morgan fingerprint density at radius 1 is 1.39 bits per heavy atom. The van der Waals surface area contributed by atoms with E-state index in [0.717, 1.165) is 24.3 Å². The summed E-state index contributed by atoms with van der Waals surface area (Å²) in [6.45, 7) is 7.27. The summed E-state index contributed by atoms with van der Waals surface area (Å²) >= 11 is 0. The second-order valence-corrected chi connectivity index (χ2v) is 5.01. The van der Waals surface area contributed by atoms with Gasteiger partial charge in [0.15, 0.2) is 5.78 Å². The van der Waals surface area contributed by atoms with Crippen LogP contribution in [0.4, 0.5) is 5.69 Å². The van der Waals surface area contributed by atoms with Crippen LogP contribution in [0.3, 0.4) is 0 Å². The minimum absolute atomic E-state index is 0.122. The van der Waals surface area contributed by atoms with Gasteiger partial charge >= 0.3 is 0 Å². The third-order valence-corrected chi connectivity index (χ3v) is 3.61. The molecular weight excluding hydrogens is 224 g/mol. The van der Waals surface area contributed by atoms with E-state index in [4.69, 9.17) is 0 Å². The van der Waals surface area contributed by atoms with Crippen molar-refractivity contribution in [3.05, 3.63) is 29.8 Å². The normalized spacial score (nSPS) is 20.7. The highest BCUT2D eigenvalue weighted by Gasteiger charge is 2.18. The molecule has 0 radical (unpaired) electrons. The van der Waals surface area contributed by atoms with Crippen LogP contribution in [-0.2, 0) is 0 Å². The van der Waals surface area contributed by atoms with Crippen LogP contribution >= 0.6 is 0 Å². The highest BCUT2D eigenvalue weighted by Crippen LogP contribution is 2.16. The lowest BCUT2D eigenvalue weighted by Crippen LogP contribution is -2.41. The van der Waals surface area contributed by atoms with Crippen LogP contribution in [0.25, 0.3) is 0 Å². The fraction of sp³-hybridized carbons (Fsp3) is 0.533. The maximum Gasteiger partial charge on any atom is 0.159 e. The van der Waals surface area contributed by atoms with Gasteiger partial charge < -0.3 is 10.2 Å². The monoisotopic (exact) mass is 246 g/mol. The van der Waals surface area contributed by atoms with E-state index in [-0.39, 0.29) is 5.78 Å². The largest absolute Gasteiger partial charge is 0.381 e. The number of nitrogens with one attached hydrogen (secondary N) is 1. The molecule has 1 heterocycles. The van der Waals surface area contributed by atoms with E-state index in [1.54, 1.807) is 6.92 Å². The molecule has 0 spiro atoms. The van der Waals surface area contributed by atoms with E-state index in [0.29, 0.717) is 6.04 Å². The zero-order valence-corrected chi connectivity index (χ0v) is 11.3. The molecule has 1 unspecified atom stereocenters. The number of likely N-dealkylation sites (tertiary alicyclic amines) is 1. The summed E-state index contributed by atoms with van der Waals surface area (Å²) in [6, 6.07) is 8.32. The third-order valence-electron chi connectivity index (χ3n) is 3.61. The Morgan fingerprint density at radius 3 is 2.72 bits per heavy atom. The van der Waals surface area contributed by atoms with E-state index in [1.807, 2.05) is 24.3 Å². The Balaban J connectivity index is 1.94. The first kappa shape index (κ1) is 13.1. The predicted octanol–water partition coefficient (Wildman–Crippen LogP) is 2.79. The van der Waals surface area contributed by atoms with Gasteiger partial charge in [0.05, 0.1) is 0 Å². The average molecular weight is 246 g/mol. The van der Waals surface area contributed by atoms with Crippen molar-refractivity contribution in [1.82, 2.24) is 4.90 Å². The van der Waals surface area contributed by atoms with E-state index in [2.05, 4.69) is 17.1 Å². The van der Waals surface area contributed by atoms with Crippen LogP contribution in [0.5, 0.6) is 0 Å². The Hall–Kier alpha value is -1.35. The van der Waals surface area contributed by atoms with Gasteiger partial charge in [-0.25, -0.2) is 0 Å². The van der Waals surface area contributed by atoms with Crippen molar-refractivity contribution in [2.75, 3.05) is 25.0 Å². The van der Waals surface area contributed by atoms with Crippen molar-refractivity contribution in [1.29, 1.82) is 0 Å². The predicted molar refractivity (Wildman–Crippen MR) is 75.2 cm³/mol. The lowest BCUT2D eigenvalue weighted by atomic mass is 10.0. The molecule has 1 aliphatic heterocycles. The molecule has 0 amide bonds. The number of nitrogens with zero attached hydrogens (tertiary/aromatic N) is 1. The molecule has 1 aliphatic rings. The second-order valence-electron chi connectivity index (χ2n) is 5.01. The highest BCUT2D eigenvalue weighted by molar-refractivity contribution is 5.94. The number of rotatable bonds is 4. The number of anilines is 1. The molecular formula is C15H22N2O. The van der Waals surface area contributed by atoms with Crippen molar-refractivity contribution in [2.24, 2.45) is 0 Å². The smallest absolute Gasteiger partial charge is 0.159 e. The van der Waals surface area contributed by atoms with Gasteiger partial charge in [-0.1, -0.05) is 6.92 Å². The second kappa shape index (κ2) is 6.01. The Bertz CT molecular complexity index is 399. The first-order valence-electron chi connectivity index (χ1n) is 6.79. The summed E-state index contributed by atoms with van der Waals surface area (Å²) in [5.74, 6) is 0.122. The van der Waals surface area contributed by atoms with Gasteiger partial charge in [0.1, 0.15) is 0 Å². The van der Waals surface area contributed by atoms with Crippen molar-refractivity contribution >= 4 is 11.5 Å². The number of likely N-dealkylation sites (N-methyl/N-ethyl adjacent to an activating group) is 1. The molecule has 1 fully saturated rings. The summed E-state index contributed by atoms with van der Waals surface area (Å²) in [6.07, 6.45) is 2.49. The molecule has 0 saturated carbocycles. The molecule has 1 atom stereocenters. The van der Waals surface area contributed by atoms with Gasteiger partial charge in [-0.05, 0) is 57.1 Å². The molecule has 1 aromatic carbocycles. The quantitative estimate of drug-likeness (QED) is 0.829. The van der Waals surface area contributed by atoms with E-state index in [1.165, 1.54) is 19.4 Å². The topological polar surface area (TPSA) is 32.3 Å². The molecule has 0 aliphatic carbocycles. The minimum Gasteiger partial charge on any atom is -0.381 e. The molecule has 1 N–H and O–H groups in total. The standard InChI is InChI=1S/C15H22N2O/c1-3-17-10-4-5-15(11-17)16-14-8-6-13(7-9-14)12(2)18/h6-9,15-16H,3-5,10-11H2,1-2H3. The molecule has 3 heteroatoms. The lowest BCUT2D eigenvalue weighted by molar-refractivity contribution is 0.101. The van der Waals surface area contributed by atoms with Crippen LogP contribution in [0, 0.1) is 0 Å². The maximum absolute atomic E-state index is 11.2. The molecule has 1 saturated heterocycles. The van der Waals surface area contributed by atoms with Crippen LogP contribution in [0.2, 0.25) is 0 Å². The number of carbonyl (C=O) groups excluding carboxylic acids is 1. The van der Waals surface area contributed by atoms with Gasteiger partial charge in [-0.3, -0.25) is 4.79 Å². The fourth-order valence-electron chi connectivity index (χ4n) is 2.50. The van der Waals surface area contributed by atoms with Crippen LogP contribution in [-0.4, -0.2) is 36.4 Å². The highest BCUT2D eigenvalue weighted by atomic mass is 16.1. The Labute approximate surface area is 109 Å². The van der Waals surface area contributed by atoms with Gasteiger partial charge in [-0.15, -0.1) is 0 Å². The Morgan fingerprint density at radius 2 is 2.11 bits per heavy atom. The number of carbonyl (C=O) groups is 1. The van der Waals surface area contributed by atoms with Crippen LogP contribution < -0.4 is 5.32 Å². The van der Waals surface area contributed by atoms with E-state index in [9.17, 15) is 4.79 Å². The molecule has 18 heavy (non-hydrogen) atoms. The number of hydrogen-bond acceptors (Lipinski definition) is 3. The number of piperidine rings is 1. The molecule has 2 rings (SSSR count). The summed E-state index contributed by atoms with van der Waals surface area (Å²) < 4.78 is 0. The Kier molecular flexibility index (Phi) is 4.37. The zero-order valence-electron chi connectivity index (χ0n) is 11.3. The number of hydrogen-bond donors (Lipinski definition) is 1. The fourth-order valence-corrected chi connectivity index (χ4v) is 2.50. The number of ketones is 1. The first-order chi connectivity index (χ1) is 8.69. The van der Waals surface area contributed by atoms with Crippen LogP contribution in [0.15, 0.2) is 24.3 Å². The van der Waals surface area contributed by atoms with Crippen molar-refractivity contribution < 1.29 is 4.79 Å². The van der Waals surface area contributed by atoms with Crippen molar-refractivity contribution in [3.63, 3.8) is 0 Å². The summed E-state index contributed by atoms with van der Waals surface area (Å²) in [4.78, 5) is 13.7. The molecule has 98 valence electrons. The third kappa shape index (κ3) is 3.33. The van der Waals surface area contributed by atoms with E-state index < -0.39 is 0 Å². The van der Waals surface area contributed by atoms with Gasteiger partial charge in [-0.2, -0.15) is 0 Å². The van der Waals surface area contributed by atoms with Gasteiger partial charge in [0, 0.05) is 23.8 Å². The number of Topliss-reactive ketones (excluding diaryl/α,β-unsaturated/α-hetero) is 1. The van der Waals surface area contributed by atoms with Gasteiger partial charge in [0.25, 0.3) is 0 Å². The first-order valence-corrected chi connectivity index (χ1v) is 6.79.